The summed E-state index contributed by atoms with van der Waals surface area (Å²) in [5.74, 6) is 0.430. The number of hydrogen-bond donors (Lipinski definition) is 2. The van der Waals surface area contributed by atoms with Crippen molar-refractivity contribution in [3.05, 3.63) is 70.8 Å². The maximum Gasteiger partial charge on any atom is 0.313 e. The third kappa shape index (κ3) is 53.5. The molecule has 28 heteroatoms. The number of aliphatic hydroxyl groups is 2. The summed E-state index contributed by atoms with van der Waals surface area (Å²) in [7, 11) is 0. The molecule has 110 heavy (non-hydrogen) atoms. The van der Waals surface area contributed by atoms with Gasteiger partial charge in [0.2, 0.25) is 12.6 Å². The molecule has 2 aromatic carbocycles. The predicted octanol–water partition coefficient (Wildman–Crippen LogP) is 7.53. The van der Waals surface area contributed by atoms with Gasteiger partial charge in [0, 0.05) is 65.4 Å². The van der Waals surface area contributed by atoms with E-state index in [-0.39, 0.29) is 13.1 Å². The number of nitrogens with zero attached hydrogens (tertiary/aromatic N) is 4. The molecule has 0 radical (unpaired) electrons. The highest BCUT2D eigenvalue weighted by Gasteiger charge is 2.31. The van der Waals surface area contributed by atoms with Gasteiger partial charge < -0.3 is 105 Å². The second kappa shape index (κ2) is 67.6. The lowest BCUT2D eigenvalue weighted by molar-refractivity contribution is -0.182. The van der Waals surface area contributed by atoms with Crippen LogP contribution in [0, 0.1) is 10.8 Å². The van der Waals surface area contributed by atoms with E-state index in [1.165, 1.54) is 35.1 Å². The van der Waals surface area contributed by atoms with Crippen LogP contribution in [0.5, 0.6) is 0 Å². The number of hydrogen-bond acceptors (Lipinski definition) is 28. The van der Waals surface area contributed by atoms with E-state index in [4.69, 9.17) is 94.7 Å². The highest BCUT2D eigenvalue weighted by molar-refractivity contribution is 5.76. The van der Waals surface area contributed by atoms with Crippen molar-refractivity contribution in [2.24, 2.45) is 10.8 Å². The molecule has 0 amide bonds. The summed E-state index contributed by atoms with van der Waals surface area (Å²) in [5, 5.41) is 20.3. The summed E-state index contributed by atoms with van der Waals surface area (Å²) in [6.07, 6.45) is 1.25. The van der Waals surface area contributed by atoms with Crippen molar-refractivity contribution in [1.29, 1.82) is 0 Å². The van der Waals surface area contributed by atoms with Crippen LogP contribution in [0.15, 0.2) is 48.5 Å². The quantitative estimate of drug-likeness (QED) is 0.108. The van der Waals surface area contributed by atoms with Crippen molar-refractivity contribution in [1.82, 2.24) is 19.6 Å². The third-order valence-electron chi connectivity index (χ3n) is 18.9. The molecule has 0 aliphatic carbocycles. The molecule has 6 rings (SSSR count). The third-order valence-corrected chi connectivity index (χ3v) is 18.9. The van der Waals surface area contributed by atoms with Crippen LogP contribution in [0.4, 0.5) is 0 Å². The number of ether oxygens (including phenoxy) is 20. The Bertz CT molecular complexity index is 2360. The molecular formula is C82H148N4O24. The lowest BCUT2D eigenvalue weighted by Gasteiger charge is -2.27. The van der Waals surface area contributed by atoms with Gasteiger partial charge in [0.15, 0.2) is 0 Å². The molecule has 2 N–H and O–H groups in total. The molecule has 4 saturated heterocycles. The highest BCUT2D eigenvalue weighted by atomic mass is 16.6. The van der Waals surface area contributed by atoms with Crippen LogP contribution in [0.2, 0.25) is 0 Å². The van der Waals surface area contributed by atoms with Crippen LogP contribution in [-0.4, -0.2) is 358 Å². The summed E-state index contributed by atoms with van der Waals surface area (Å²) < 4.78 is 110. The van der Waals surface area contributed by atoms with Crippen LogP contribution >= 0.6 is 0 Å². The second-order valence-corrected chi connectivity index (χ2v) is 28.5. The topological polar surface area (TPSA) is 272 Å². The van der Waals surface area contributed by atoms with Gasteiger partial charge in [-0.2, -0.15) is 0 Å². The summed E-state index contributed by atoms with van der Waals surface area (Å²) >= 11 is 0. The molecule has 0 aromatic heterocycles. The molecule has 28 nitrogen and oxygen atoms in total. The first kappa shape index (κ1) is 101. The molecule has 0 spiro atoms. The van der Waals surface area contributed by atoms with Crippen LogP contribution in [0.25, 0.3) is 0 Å². The fourth-order valence-corrected chi connectivity index (χ4v) is 10.4. The Morgan fingerprint density at radius 2 is 0.482 bits per heavy atom. The standard InChI is InChI=1S/C23H39NO5.C21H35NO4.C20H39NO8.C18H35NO7/c1-3-21(2)23-6-4-22(5-7-23)20-24-8-10-25-12-14-27-16-18-29-19-17-28-15-13-26-11-9-24;1-3-19(2)21-6-4-20(5-7-21)18-22-8-10-23-12-14-25-16-17-26-15-13-24-11-9-22;1-4-20(2,3)19(23)29-18(22)17-21-5-7-24-9-11-26-13-15-28-16-14-27-12-10-25-8-6-21;1-4-18(2,3)17(21)26-16(20)15-19-5-7-22-9-11-24-13-14-25-12-10-23-8-6-19/h4-7,21H,3,8-20H2,1-2H3;4-7,19H,3,8-18H2,1-2H3;18,22H,4-17H2,1-3H3;16,20H,4-15H2,1-3H3. The monoisotopic (exact) mass is 1570 g/mol. The van der Waals surface area contributed by atoms with Crippen molar-refractivity contribution in [2.75, 3.05) is 303 Å². The van der Waals surface area contributed by atoms with Crippen molar-refractivity contribution >= 4 is 11.9 Å². The van der Waals surface area contributed by atoms with Crippen LogP contribution < -0.4 is 0 Å². The lowest BCUT2D eigenvalue weighted by atomic mass is 9.91. The van der Waals surface area contributed by atoms with Crippen LogP contribution in [0.1, 0.15) is 129 Å². The summed E-state index contributed by atoms with van der Waals surface area (Å²) in [6.45, 7) is 48.6. The maximum absolute atomic E-state index is 12.2. The van der Waals surface area contributed by atoms with E-state index in [1.807, 2.05) is 23.6 Å². The van der Waals surface area contributed by atoms with Crippen molar-refractivity contribution < 1.29 is 115 Å². The molecule has 0 saturated carbocycles. The lowest BCUT2D eigenvalue weighted by Crippen LogP contribution is -2.41. The van der Waals surface area contributed by atoms with Crippen molar-refractivity contribution in [3.8, 4) is 0 Å². The second-order valence-electron chi connectivity index (χ2n) is 28.5. The Labute approximate surface area is 660 Å². The fraction of sp³-hybridized carbons (Fsp3) is 0.829. The molecule has 4 fully saturated rings. The average molecular weight is 1570 g/mol. The Balaban J connectivity index is 0.000000381. The first-order chi connectivity index (χ1) is 53.5. The molecule has 4 aliphatic heterocycles. The molecule has 4 atom stereocenters. The van der Waals surface area contributed by atoms with Gasteiger partial charge in [-0.3, -0.25) is 29.2 Å². The van der Waals surface area contributed by atoms with E-state index in [0.29, 0.717) is 289 Å². The minimum Gasteiger partial charge on any atom is -0.434 e. The van der Waals surface area contributed by atoms with E-state index in [9.17, 15) is 19.8 Å². The highest BCUT2D eigenvalue weighted by Crippen LogP contribution is 2.25. The van der Waals surface area contributed by atoms with Crippen LogP contribution in [0.3, 0.4) is 0 Å². The zero-order valence-corrected chi connectivity index (χ0v) is 69.4. The minimum absolute atomic E-state index is 0.197. The zero-order valence-electron chi connectivity index (χ0n) is 69.4. The normalized spacial score (nSPS) is 21.3. The molecule has 4 aliphatic rings. The smallest absolute Gasteiger partial charge is 0.313 e. The predicted molar refractivity (Wildman–Crippen MR) is 421 cm³/mol. The van der Waals surface area contributed by atoms with Gasteiger partial charge in [-0.25, -0.2) is 0 Å². The molecule has 2 aromatic rings. The van der Waals surface area contributed by atoms with Gasteiger partial charge in [-0.15, -0.1) is 0 Å². The summed E-state index contributed by atoms with van der Waals surface area (Å²) in [4.78, 5) is 32.9. The number of benzene rings is 2. The first-order valence-electron chi connectivity index (χ1n) is 40.7. The largest absolute Gasteiger partial charge is 0.434 e. The Morgan fingerprint density at radius 1 is 0.309 bits per heavy atom. The molecule has 640 valence electrons. The number of aliphatic hydroxyl groups excluding tert-OH is 2. The van der Waals surface area contributed by atoms with Gasteiger partial charge >= 0.3 is 11.9 Å². The summed E-state index contributed by atoms with van der Waals surface area (Å²) in [6, 6.07) is 18.0. The molecule has 0 bridgehead atoms. The van der Waals surface area contributed by atoms with Gasteiger partial charge in [0.1, 0.15) is 0 Å². The van der Waals surface area contributed by atoms with Crippen LogP contribution in [-0.2, 0) is 117 Å². The maximum atomic E-state index is 12.2. The number of β-amino-alcohol motifs (C(OH)–C–C–N with tert-alkyl or cyclic N) is 2. The Hall–Kier alpha value is -3.58. The van der Waals surface area contributed by atoms with E-state index in [2.05, 4.69) is 86.0 Å². The van der Waals surface area contributed by atoms with Gasteiger partial charge in [0.05, 0.1) is 262 Å². The van der Waals surface area contributed by atoms with Gasteiger partial charge in [0.25, 0.3) is 0 Å². The van der Waals surface area contributed by atoms with E-state index < -0.39 is 35.3 Å². The number of carbonyl (C=O) groups is 2. The number of rotatable bonds is 18. The molecular weight excluding hydrogens is 1420 g/mol. The number of esters is 2. The minimum atomic E-state index is -1.20. The molecule has 4 unspecified atom stereocenters. The van der Waals surface area contributed by atoms with Crippen molar-refractivity contribution in [3.63, 3.8) is 0 Å². The Kier molecular flexibility index (Phi) is 61.8. The summed E-state index contributed by atoms with van der Waals surface area (Å²) in [5.41, 5.74) is 4.26. The van der Waals surface area contributed by atoms with Crippen molar-refractivity contribution in [2.45, 2.75) is 132 Å². The Morgan fingerprint density at radius 3 is 0.655 bits per heavy atom. The SMILES string of the molecule is CCC(C)(C)C(=O)OC(O)CN1CCOCCOCCOCCOCC1.CCC(C)(C)C(=O)OC(O)CN1CCOCCOCCOCCOCCOCC1.CCC(C)c1ccc(CN2CCOCCOCCOCCOCC2)cc1.CCC(C)c1ccc(CN2CCOCCOCCOCCOCCOCC2)cc1. The zero-order chi connectivity index (χ0) is 79.7. The van der Waals surface area contributed by atoms with E-state index in [1.54, 1.807) is 27.7 Å². The van der Waals surface area contributed by atoms with Gasteiger partial charge in [-0.05, 0) is 87.5 Å². The van der Waals surface area contributed by atoms with E-state index >= 15 is 0 Å². The van der Waals surface area contributed by atoms with Gasteiger partial charge in [-0.1, -0.05) is 90.1 Å². The van der Waals surface area contributed by atoms with E-state index in [0.717, 1.165) is 39.3 Å². The first-order valence-corrected chi connectivity index (χ1v) is 40.7. The fourth-order valence-electron chi connectivity index (χ4n) is 10.4. The molecule has 4 heterocycles. The average Bonchev–Trinajstić information content (AvgIpc) is 0.899. The number of carbonyl (C=O) groups excluding carboxylic acids is 2.